The van der Waals surface area contributed by atoms with Crippen molar-refractivity contribution < 1.29 is 13.5 Å². The lowest BCUT2D eigenvalue weighted by molar-refractivity contribution is 0.280. The molecule has 0 amide bonds. The Kier molecular flexibility index (Phi) is 6.34. The van der Waals surface area contributed by atoms with Crippen LogP contribution in [0.15, 0.2) is 36.4 Å². The van der Waals surface area contributed by atoms with E-state index in [1.54, 1.807) is 0 Å². The second kappa shape index (κ2) is 8.72. The number of nitrogens with one attached hydrogen (secondary N) is 2. The van der Waals surface area contributed by atoms with E-state index in [9.17, 15) is 8.78 Å². The first kappa shape index (κ1) is 19.6. The molecule has 0 atom stereocenters. The monoisotopic (exact) mass is 392 g/mol. The normalized spacial score (nSPS) is 13.7. The Hall–Kier alpha value is -2.11. The van der Waals surface area contributed by atoms with Crippen LogP contribution in [-0.4, -0.2) is 24.7 Å². The number of halogens is 3. The number of hydrogen-bond donors (Lipinski definition) is 2. The van der Waals surface area contributed by atoms with Crippen LogP contribution in [0.4, 0.5) is 8.78 Å². The zero-order valence-electron chi connectivity index (χ0n) is 15.0. The number of hydrogen-bond acceptors (Lipinski definition) is 2. The Labute approximate surface area is 163 Å². The summed E-state index contributed by atoms with van der Waals surface area (Å²) in [7, 11) is 0. The second-order valence-corrected chi connectivity index (χ2v) is 6.67. The maximum Gasteiger partial charge on any atom is 0.190 e. The molecule has 2 N–H and O–H groups in total. The molecule has 3 nitrogen and oxygen atoms in total. The number of para-hydroxylation sites is 1. The quantitative estimate of drug-likeness (QED) is 0.624. The Balaban J connectivity index is 0.00000210. The molecule has 1 aromatic heterocycles. The minimum absolute atomic E-state index is 0. The summed E-state index contributed by atoms with van der Waals surface area (Å²) in [5.41, 5.74) is 5.17. The fourth-order valence-electron chi connectivity index (χ4n) is 3.76. The van der Waals surface area contributed by atoms with Crippen LogP contribution in [0.25, 0.3) is 10.9 Å². The van der Waals surface area contributed by atoms with Crippen LogP contribution in [0.2, 0.25) is 0 Å². The fraction of sp³-hybridized carbons (Fsp3) is 0.333. The smallest absolute Gasteiger partial charge is 0.190 e. The summed E-state index contributed by atoms with van der Waals surface area (Å²) < 4.78 is 32.6. The molecular formula is C21H23ClF2N2O. The van der Waals surface area contributed by atoms with Gasteiger partial charge in [0, 0.05) is 29.6 Å². The van der Waals surface area contributed by atoms with Gasteiger partial charge in [-0.1, -0.05) is 18.2 Å². The molecule has 2 heterocycles. The third-order valence-corrected chi connectivity index (χ3v) is 4.96. The van der Waals surface area contributed by atoms with Crippen molar-refractivity contribution in [2.45, 2.75) is 25.7 Å². The Morgan fingerprint density at radius 2 is 1.70 bits per heavy atom. The minimum atomic E-state index is -0.657. The van der Waals surface area contributed by atoms with E-state index in [0.717, 1.165) is 32.4 Å². The number of fused-ring (bicyclic) bond motifs is 3. The number of aryl methyl sites for hydroxylation is 1. The van der Waals surface area contributed by atoms with Crippen molar-refractivity contribution in [3.05, 3.63) is 64.9 Å². The van der Waals surface area contributed by atoms with Gasteiger partial charge in [-0.05, 0) is 55.1 Å². The number of rotatable bonds is 5. The molecule has 3 aromatic rings. The van der Waals surface area contributed by atoms with Crippen LogP contribution in [0, 0.1) is 11.6 Å². The third-order valence-electron chi connectivity index (χ3n) is 4.96. The van der Waals surface area contributed by atoms with E-state index >= 15 is 0 Å². The highest BCUT2D eigenvalue weighted by molar-refractivity contribution is 5.88. The van der Waals surface area contributed by atoms with Crippen molar-refractivity contribution in [3.8, 4) is 5.75 Å². The SMILES string of the molecule is Cl.Fc1cccc(F)c1OCCCc1cccc2[nH]c3c(c12)CCNCC3. The Bertz CT molecular complexity index is 906. The molecule has 0 bridgehead atoms. The fourth-order valence-corrected chi connectivity index (χ4v) is 3.76. The molecular weight excluding hydrogens is 370 g/mol. The van der Waals surface area contributed by atoms with Crippen LogP contribution < -0.4 is 10.1 Å². The van der Waals surface area contributed by atoms with Crippen LogP contribution in [0.5, 0.6) is 5.75 Å². The van der Waals surface area contributed by atoms with Gasteiger partial charge >= 0.3 is 0 Å². The molecule has 2 aromatic carbocycles. The van der Waals surface area contributed by atoms with E-state index in [4.69, 9.17) is 4.74 Å². The highest BCUT2D eigenvalue weighted by Crippen LogP contribution is 2.29. The number of aromatic nitrogens is 1. The van der Waals surface area contributed by atoms with Crippen LogP contribution in [0.1, 0.15) is 23.2 Å². The van der Waals surface area contributed by atoms with Crippen molar-refractivity contribution in [3.63, 3.8) is 0 Å². The number of aromatic amines is 1. The first-order chi connectivity index (χ1) is 12.7. The molecule has 0 fully saturated rings. The van der Waals surface area contributed by atoms with Crippen molar-refractivity contribution in [1.82, 2.24) is 10.3 Å². The van der Waals surface area contributed by atoms with Gasteiger partial charge < -0.3 is 15.0 Å². The van der Waals surface area contributed by atoms with E-state index in [0.29, 0.717) is 6.42 Å². The summed E-state index contributed by atoms with van der Waals surface area (Å²) in [5, 5.41) is 4.74. The summed E-state index contributed by atoms with van der Waals surface area (Å²) in [6.07, 6.45) is 3.54. The lowest BCUT2D eigenvalue weighted by Gasteiger charge is -2.09. The summed E-state index contributed by atoms with van der Waals surface area (Å²) in [5.74, 6) is -1.60. The summed E-state index contributed by atoms with van der Waals surface area (Å²) in [6, 6.07) is 10.1. The number of benzene rings is 2. The molecule has 0 saturated carbocycles. The highest BCUT2D eigenvalue weighted by Gasteiger charge is 2.16. The predicted molar refractivity (Wildman–Crippen MR) is 106 cm³/mol. The average molecular weight is 393 g/mol. The van der Waals surface area contributed by atoms with Crippen molar-refractivity contribution in [2.75, 3.05) is 19.7 Å². The van der Waals surface area contributed by atoms with Gasteiger partial charge in [-0.3, -0.25) is 0 Å². The van der Waals surface area contributed by atoms with E-state index in [1.165, 1.54) is 45.9 Å². The van der Waals surface area contributed by atoms with E-state index in [1.807, 2.05) is 0 Å². The topological polar surface area (TPSA) is 37.0 Å². The molecule has 27 heavy (non-hydrogen) atoms. The molecule has 6 heteroatoms. The number of H-pyrrole nitrogens is 1. The zero-order valence-corrected chi connectivity index (χ0v) is 15.8. The first-order valence-corrected chi connectivity index (χ1v) is 9.13. The summed E-state index contributed by atoms with van der Waals surface area (Å²) in [4.78, 5) is 3.56. The van der Waals surface area contributed by atoms with E-state index < -0.39 is 11.6 Å². The Morgan fingerprint density at radius 3 is 2.52 bits per heavy atom. The van der Waals surface area contributed by atoms with Gasteiger partial charge in [-0.2, -0.15) is 0 Å². The maximum atomic E-state index is 13.6. The van der Waals surface area contributed by atoms with Crippen LogP contribution in [-0.2, 0) is 19.3 Å². The molecule has 4 rings (SSSR count). The zero-order chi connectivity index (χ0) is 17.9. The highest BCUT2D eigenvalue weighted by atomic mass is 35.5. The molecule has 0 aliphatic carbocycles. The van der Waals surface area contributed by atoms with Crippen LogP contribution in [0.3, 0.4) is 0 Å². The molecule has 0 radical (unpaired) electrons. The molecule has 0 spiro atoms. The van der Waals surface area contributed by atoms with Crippen LogP contribution >= 0.6 is 12.4 Å². The summed E-state index contributed by atoms with van der Waals surface area (Å²) >= 11 is 0. The lowest BCUT2D eigenvalue weighted by Crippen LogP contribution is -2.16. The minimum Gasteiger partial charge on any atom is -0.488 e. The van der Waals surface area contributed by atoms with Crippen molar-refractivity contribution in [1.29, 1.82) is 0 Å². The van der Waals surface area contributed by atoms with Crippen molar-refractivity contribution >= 4 is 23.3 Å². The van der Waals surface area contributed by atoms with Gasteiger partial charge in [0.05, 0.1) is 6.61 Å². The predicted octanol–water partition coefficient (Wildman–Crippen LogP) is 4.57. The lowest BCUT2D eigenvalue weighted by atomic mass is 9.99. The van der Waals surface area contributed by atoms with Gasteiger partial charge in [0.1, 0.15) is 0 Å². The molecule has 0 unspecified atom stereocenters. The van der Waals surface area contributed by atoms with Gasteiger partial charge in [-0.25, -0.2) is 8.78 Å². The van der Waals surface area contributed by atoms with Gasteiger partial charge in [0.25, 0.3) is 0 Å². The average Bonchev–Trinajstić information content (AvgIpc) is 2.83. The molecule has 1 aliphatic heterocycles. The van der Waals surface area contributed by atoms with Crippen molar-refractivity contribution in [2.24, 2.45) is 0 Å². The van der Waals surface area contributed by atoms with E-state index in [-0.39, 0.29) is 24.8 Å². The van der Waals surface area contributed by atoms with Gasteiger partial charge in [0.2, 0.25) is 0 Å². The van der Waals surface area contributed by atoms with E-state index in [2.05, 4.69) is 28.5 Å². The van der Waals surface area contributed by atoms with Gasteiger partial charge in [-0.15, -0.1) is 12.4 Å². The third kappa shape index (κ3) is 4.09. The number of ether oxygens (including phenoxy) is 1. The maximum absolute atomic E-state index is 13.6. The Morgan fingerprint density at radius 1 is 0.963 bits per heavy atom. The molecule has 1 aliphatic rings. The molecule has 0 saturated heterocycles. The molecule has 144 valence electrons. The standard InChI is InChI=1S/C21H22F2N2O.ClH/c22-16-6-2-7-17(23)21(16)26-13-3-5-14-4-1-8-19-20(14)15-9-11-24-12-10-18(15)25-19;/h1-2,4,6-8,24-25H,3,5,9-13H2;1H. The summed E-state index contributed by atoms with van der Waals surface area (Å²) in [6.45, 7) is 2.27. The first-order valence-electron chi connectivity index (χ1n) is 9.13. The van der Waals surface area contributed by atoms with Gasteiger partial charge in [0.15, 0.2) is 17.4 Å². The largest absolute Gasteiger partial charge is 0.488 e. The second-order valence-electron chi connectivity index (χ2n) is 6.67.